The summed E-state index contributed by atoms with van der Waals surface area (Å²) >= 11 is 0. The Hall–Kier alpha value is -4.40. The van der Waals surface area contributed by atoms with E-state index in [9.17, 15) is 29.9 Å². The molecule has 0 radical (unpaired) electrons. The number of aromatic hydroxyl groups is 1. The number of non-ortho nitro benzene ring substituents is 1. The predicted molar refractivity (Wildman–Crippen MR) is 115 cm³/mol. The number of benzene rings is 3. The first-order valence-corrected chi connectivity index (χ1v) is 9.13. The van der Waals surface area contributed by atoms with E-state index < -0.39 is 22.8 Å². The van der Waals surface area contributed by atoms with Crippen LogP contribution in [0.5, 0.6) is 5.75 Å². The molecule has 0 heterocycles. The van der Waals surface area contributed by atoms with E-state index in [0.29, 0.717) is 16.8 Å². The molecule has 0 unspecified atom stereocenters. The van der Waals surface area contributed by atoms with Gasteiger partial charge in [-0.3, -0.25) is 14.9 Å². The molecule has 0 aliphatic heterocycles. The molecule has 0 saturated heterocycles. The summed E-state index contributed by atoms with van der Waals surface area (Å²) < 4.78 is 0. The van der Waals surface area contributed by atoms with Crippen LogP contribution in [-0.2, 0) is 11.2 Å². The average Bonchev–Trinajstić information content (AvgIpc) is 2.76. The van der Waals surface area contributed by atoms with Gasteiger partial charge in [0.1, 0.15) is 11.8 Å². The SMILES string of the molecule is Nc1ccc([N+](=O)[O-])cc1.O=C(N[C@@H](Cc1ccc(O)cc1)C(=O)O)c1ccccc1. The van der Waals surface area contributed by atoms with Crippen LogP contribution < -0.4 is 11.1 Å². The van der Waals surface area contributed by atoms with Gasteiger partial charge >= 0.3 is 5.97 Å². The molecule has 0 spiro atoms. The monoisotopic (exact) mass is 423 g/mol. The average molecular weight is 423 g/mol. The third-order valence-corrected chi connectivity index (χ3v) is 4.12. The molecule has 3 rings (SSSR count). The number of rotatable bonds is 6. The minimum atomic E-state index is -1.10. The summed E-state index contributed by atoms with van der Waals surface area (Å²) in [5.41, 5.74) is 7.03. The van der Waals surface area contributed by atoms with Gasteiger partial charge in [-0.15, -0.1) is 0 Å². The molecular formula is C22H21N3O6. The van der Waals surface area contributed by atoms with Crippen molar-refractivity contribution in [2.45, 2.75) is 12.5 Å². The lowest BCUT2D eigenvalue weighted by Crippen LogP contribution is -2.42. The Labute approximate surface area is 177 Å². The fraction of sp³-hybridized carbons (Fsp3) is 0.0909. The van der Waals surface area contributed by atoms with Crippen LogP contribution in [0.25, 0.3) is 0 Å². The highest BCUT2D eigenvalue weighted by Gasteiger charge is 2.21. The van der Waals surface area contributed by atoms with Crippen LogP contribution >= 0.6 is 0 Å². The summed E-state index contributed by atoms with van der Waals surface area (Å²) in [7, 11) is 0. The van der Waals surface area contributed by atoms with Gasteiger partial charge in [-0.1, -0.05) is 30.3 Å². The minimum Gasteiger partial charge on any atom is -0.508 e. The van der Waals surface area contributed by atoms with Crippen LogP contribution in [-0.4, -0.2) is 33.1 Å². The molecule has 0 aromatic heterocycles. The van der Waals surface area contributed by atoms with Gasteiger partial charge in [-0.05, 0) is 42.0 Å². The van der Waals surface area contributed by atoms with Crippen LogP contribution in [0.15, 0.2) is 78.9 Å². The minimum absolute atomic E-state index is 0.0641. The number of carbonyl (C=O) groups is 2. The first-order chi connectivity index (χ1) is 14.8. The fourth-order valence-electron chi connectivity index (χ4n) is 2.49. The van der Waals surface area contributed by atoms with E-state index >= 15 is 0 Å². The molecule has 1 atom stereocenters. The van der Waals surface area contributed by atoms with Gasteiger partial charge in [0, 0.05) is 29.8 Å². The maximum absolute atomic E-state index is 12.0. The third kappa shape index (κ3) is 7.50. The molecule has 3 aromatic rings. The Morgan fingerprint density at radius 3 is 2.06 bits per heavy atom. The summed E-state index contributed by atoms with van der Waals surface area (Å²) in [6.45, 7) is 0. The number of phenols is 1. The second-order valence-corrected chi connectivity index (χ2v) is 6.45. The number of phenolic OH excluding ortho intramolecular Hbond substituents is 1. The van der Waals surface area contributed by atoms with Crippen molar-refractivity contribution in [2.75, 3.05) is 5.73 Å². The van der Waals surface area contributed by atoms with E-state index in [-0.39, 0.29) is 17.9 Å². The Morgan fingerprint density at radius 1 is 0.968 bits per heavy atom. The lowest BCUT2D eigenvalue weighted by Gasteiger charge is -2.14. The lowest BCUT2D eigenvalue weighted by molar-refractivity contribution is -0.384. The van der Waals surface area contributed by atoms with Crippen LogP contribution in [0.2, 0.25) is 0 Å². The Bertz CT molecular complexity index is 1020. The Balaban J connectivity index is 0.000000285. The van der Waals surface area contributed by atoms with E-state index in [4.69, 9.17) is 5.73 Å². The number of anilines is 1. The number of nitro benzene ring substituents is 1. The second-order valence-electron chi connectivity index (χ2n) is 6.45. The van der Waals surface area contributed by atoms with Crippen molar-refractivity contribution in [2.24, 2.45) is 0 Å². The van der Waals surface area contributed by atoms with E-state index in [0.717, 1.165) is 0 Å². The molecule has 1 amide bonds. The zero-order valence-electron chi connectivity index (χ0n) is 16.3. The molecule has 9 heteroatoms. The highest BCUT2D eigenvalue weighted by molar-refractivity contribution is 5.96. The number of hydrogen-bond acceptors (Lipinski definition) is 6. The molecular weight excluding hydrogens is 402 g/mol. The molecule has 9 nitrogen and oxygen atoms in total. The number of carboxylic acid groups (broad SMARTS) is 1. The summed E-state index contributed by atoms with van der Waals surface area (Å²) in [5.74, 6) is -1.42. The van der Waals surface area contributed by atoms with Gasteiger partial charge in [-0.25, -0.2) is 4.79 Å². The van der Waals surface area contributed by atoms with Gasteiger partial charge in [0.2, 0.25) is 0 Å². The van der Waals surface area contributed by atoms with Gasteiger partial charge in [0.15, 0.2) is 0 Å². The summed E-state index contributed by atoms with van der Waals surface area (Å²) in [4.78, 5) is 32.9. The molecule has 160 valence electrons. The number of hydrogen-bond donors (Lipinski definition) is 4. The predicted octanol–water partition coefficient (Wildman–Crippen LogP) is 2.99. The quantitative estimate of drug-likeness (QED) is 0.270. The number of amides is 1. The van der Waals surface area contributed by atoms with Crippen molar-refractivity contribution >= 4 is 23.3 Å². The molecule has 0 aliphatic rings. The standard InChI is InChI=1S/C16H15NO4.C6H6N2O2/c18-13-8-6-11(7-9-13)10-14(16(20)21)17-15(19)12-4-2-1-3-5-12;7-5-1-3-6(4-2-5)8(9)10/h1-9,14,18H,10H2,(H,17,19)(H,20,21);1-4H,7H2/t14-;/m0./s1. The van der Waals surface area contributed by atoms with E-state index in [1.54, 1.807) is 42.5 Å². The number of nitrogen functional groups attached to an aromatic ring is 1. The number of nitro groups is 1. The fourth-order valence-corrected chi connectivity index (χ4v) is 2.49. The van der Waals surface area contributed by atoms with Crippen LogP contribution in [0.4, 0.5) is 11.4 Å². The number of carbonyl (C=O) groups excluding carboxylic acids is 1. The van der Waals surface area contributed by atoms with E-state index in [1.807, 2.05) is 0 Å². The van der Waals surface area contributed by atoms with Gasteiger partial charge < -0.3 is 21.3 Å². The van der Waals surface area contributed by atoms with Crippen molar-refractivity contribution in [3.8, 4) is 5.75 Å². The highest BCUT2D eigenvalue weighted by atomic mass is 16.6. The van der Waals surface area contributed by atoms with Crippen LogP contribution in [0, 0.1) is 10.1 Å². The summed E-state index contributed by atoms with van der Waals surface area (Å²) in [6, 6.07) is 19.4. The molecule has 0 fully saturated rings. The number of carboxylic acids is 1. The van der Waals surface area contributed by atoms with Crippen molar-refractivity contribution < 1.29 is 24.7 Å². The molecule has 31 heavy (non-hydrogen) atoms. The molecule has 0 aliphatic carbocycles. The molecule has 5 N–H and O–H groups in total. The van der Waals surface area contributed by atoms with Crippen LogP contribution in [0.1, 0.15) is 15.9 Å². The Kier molecular flexibility index (Phi) is 8.09. The highest BCUT2D eigenvalue weighted by Crippen LogP contribution is 2.13. The van der Waals surface area contributed by atoms with E-state index in [1.165, 1.54) is 36.4 Å². The summed E-state index contributed by atoms with van der Waals surface area (Å²) in [6.07, 6.45) is 0.147. The van der Waals surface area contributed by atoms with Crippen molar-refractivity contribution in [3.63, 3.8) is 0 Å². The molecule has 0 saturated carbocycles. The van der Waals surface area contributed by atoms with Gasteiger partial charge in [0.05, 0.1) is 4.92 Å². The molecule has 3 aromatic carbocycles. The van der Waals surface area contributed by atoms with Crippen molar-refractivity contribution in [1.82, 2.24) is 5.32 Å². The number of nitrogens with one attached hydrogen (secondary N) is 1. The zero-order chi connectivity index (χ0) is 22.8. The van der Waals surface area contributed by atoms with Crippen LogP contribution in [0.3, 0.4) is 0 Å². The second kappa shape index (κ2) is 11.0. The van der Waals surface area contributed by atoms with Crippen molar-refractivity contribution in [1.29, 1.82) is 0 Å². The zero-order valence-corrected chi connectivity index (χ0v) is 16.3. The van der Waals surface area contributed by atoms with Gasteiger partial charge in [-0.2, -0.15) is 0 Å². The largest absolute Gasteiger partial charge is 0.508 e. The topological polar surface area (TPSA) is 156 Å². The number of nitrogens with zero attached hydrogens (tertiary/aromatic N) is 1. The first kappa shape index (κ1) is 22.9. The maximum Gasteiger partial charge on any atom is 0.326 e. The number of nitrogens with two attached hydrogens (primary N) is 1. The van der Waals surface area contributed by atoms with Crippen molar-refractivity contribution in [3.05, 3.63) is 100 Å². The van der Waals surface area contributed by atoms with Gasteiger partial charge in [0.25, 0.3) is 11.6 Å². The molecule has 0 bridgehead atoms. The summed E-state index contributed by atoms with van der Waals surface area (Å²) in [5, 5.41) is 31.0. The smallest absolute Gasteiger partial charge is 0.326 e. The Morgan fingerprint density at radius 2 is 1.55 bits per heavy atom. The number of aliphatic carboxylic acids is 1. The normalized spacial score (nSPS) is 10.8. The maximum atomic E-state index is 12.0. The first-order valence-electron chi connectivity index (χ1n) is 9.13. The lowest BCUT2D eigenvalue weighted by atomic mass is 10.1. The van der Waals surface area contributed by atoms with E-state index in [2.05, 4.69) is 5.32 Å². The third-order valence-electron chi connectivity index (χ3n) is 4.12.